The van der Waals surface area contributed by atoms with E-state index in [0.29, 0.717) is 54.0 Å². The summed E-state index contributed by atoms with van der Waals surface area (Å²) in [4.78, 5) is 22.7. The first-order chi connectivity index (χ1) is 16.4. The molecule has 0 radical (unpaired) electrons. The summed E-state index contributed by atoms with van der Waals surface area (Å²) in [5.41, 5.74) is 1.21. The van der Waals surface area contributed by atoms with Gasteiger partial charge in [-0.15, -0.1) is 0 Å². The molecule has 2 aliphatic heterocycles. The van der Waals surface area contributed by atoms with E-state index in [1.807, 2.05) is 34.1 Å². The summed E-state index contributed by atoms with van der Waals surface area (Å²) in [6.45, 7) is 6.91. The van der Waals surface area contributed by atoms with Crippen LogP contribution in [0.15, 0.2) is 29.1 Å². The van der Waals surface area contributed by atoms with Crippen LogP contribution in [0.3, 0.4) is 0 Å². The Balaban J connectivity index is 1.68. The van der Waals surface area contributed by atoms with Gasteiger partial charge in [-0.25, -0.2) is 18.2 Å². The molecular formula is C26H28F2N4OS. The Morgan fingerprint density at radius 2 is 1.47 bits per heavy atom. The lowest BCUT2D eigenvalue weighted by Gasteiger charge is -2.36. The molecule has 34 heavy (non-hydrogen) atoms. The third-order valence-electron chi connectivity index (χ3n) is 7.63. The minimum absolute atomic E-state index is 0.0177. The standard InChI is InChI=1S/C26H28F2N4OS/c1-15-7-11-30(12-8-15)22-19-24(21(28)23(20(22)27)31-13-9-16(2)10-14-31)34-26-29-17-5-3-4-6-18(17)32(26)25(19)33/h3-6,15-16H,7-14H2,1-2H3. The third-order valence-corrected chi connectivity index (χ3v) is 8.67. The number of nitrogens with zero attached hydrogens (tertiary/aromatic N) is 4. The van der Waals surface area contributed by atoms with E-state index >= 15 is 8.78 Å². The highest BCUT2D eigenvalue weighted by Gasteiger charge is 2.32. The molecule has 0 unspecified atom stereocenters. The van der Waals surface area contributed by atoms with Crippen LogP contribution >= 0.6 is 11.3 Å². The number of para-hydroxylation sites is 2. The number of hydrogen-bond donors (Lipinski definition) is 0. The lowest BCUT2D eigenvalue weighted by atomic mass is 9.97. The molecule has 0 saturated carbocycles. The molecule has 0 amide bonds. The number of fused-ring (bicyclic) bond motifs is 4. The molecule has 2 fully saturated rings. The Morgan fingerprint density at radius 1 is 0.882 bits per heavy atom. The van der Waals surface area contributed by atoms with Crippen LogP contribution in [0.2, 0.25) is 0 Å². The van der Waals surface area contributed by atoms with Gasteiger partial charge in [0, 0.05) is 26.2 Å². The van der Waals surface area contributed by atoms with Crippen LogP contribution < -0.4 is 15.4 Å². The number of benzene rings is 2. The van der Waals surface area contributed by atoms with E-state index in [1.165, 1.54) is 4.40 Å². The van der Waals surface area contributed by atoms with E-state index in [1.54, 1.807) is 0 Å². The Hall–Kier alpha value is -2.74. The zero-order chi connectivity index (χ0) is 23.6. The second-order valence-corrected chi connectivity index (χ2v) is 11.0. The molecule has 0 atom stereocenters. The summed E-state index contributed by atoms with van der Waals surface area (Å²) < 4.78 is 34.2. The molecule has 2 aromatic heterocycles. The molecule has 2 aromatic carbocycles. The smallest absolute Gasteiger partial charge is 0.268 e. The van der Waals surface area contributed by atoms with Gasteiger partial charge in [0.2, 0.25) is 0 Å². The molecule has 8 heteroatoms. The highest BCUT2D eigenvalue weighted by Crippen LogP contribution is 2.42. The van der Waals surface area contributed by atoms with Gasteiger partial charge in [0.1, 0.15) is 5.69 Å². The number of halogens is 2. The van der Waals surface area contributed by atoms with Gasteiger partial charge in [0.05, 0.1) is 26.8 Å². The monoisotopic (exact) mass is 482 g/mol. The second kappa shape index (κ2) is 8.18. The zero-order valence-corrected chi connectivity index (χ0v) is 20.3. The van der Waals surface area contributed by atoms with Gasteiger partial charge < -0.3 is 9.80 Å². The molecule has 4 aromatic rings. The van der Waals surface area contributed by atoms with Crippen LogP contribution in [-0.4, -0.2) is 35.6 Å². The first kappa shape index (κ1) is 21.8. The summed E-state index contributed by atoms with van der Waals surface area (Å²) in [5, 5.41) is 0.138. The summed E-state index contributed by atoms with van der Waals surface area (Å²) >= 11 is 1.14. The van der Waals surface area contributed by atoms with E-state index in [2.05, 4.69) is 18.8 Å². The maximum absolute atomic E-state index is 16.4. The van der Waals surface area contributed by atoms with Crippen LogP contribution in [0.1, 0.15) is 39.5 Å². The fourth-order valence-electron chi connectivity index (χ4n) is 5.45. The lowest BCUT2D eigenvalue weighted by molar-refractivity contribution is 0.426. The van der Waals surface area contributed by atoms with Crippen LogP contribution in [0.25, 0.3) is 26.1 Å². The Bertz CT molecular complexity index is 1460. The molecule has 0 spiro atoms. The molecule has 2 aliphatic rings. The molecule has 2 saturated heterocycles. The van der Waals surface area contributed by atoms with Gasteiger partial charge in [-0.05, 0) is 49.7 Å². The Morgan fingerprint density at radius 3 is 2.12 bits per heavy atom. The van der Waals surface area contributed by atoms with Crippen molar-refractivity contribution < 1.29 is 8.78 Å². The van der Waals surface area contributed by atoms with Crippen molar-refractivity contribution in [3.05, 3.63) is 46.3 Å². The van der Waals surface area contributed by atoms with Crippen molar-refractivity contribution in [3.63, 3.8) is 0 Å². The van der Waals surface area contributed by atoms with E-state index in [9.17, 15) is 4.79 Å². The van der Waals surface area contributed by atoms with Gasteiger partial charge in [0.15, 0.2) is 16.6 Å². The van der Waals surface area contributed by atoms with Crippen LogP contribution in [0, 0.1) is 23.5 Å². The van der Waals surface area contributed by atoms with Gasteiger partial charge in [-0.3, -0.25) is 4.79 Å². The Labute approximate surface area is 200 Å². The number of hydrogen-bond acceptors (Lipinski definition) is 5. The van der Waals surface area contributed by atoms with E-state index in [4.69, 9.17) is 0 Å². The molecule has 4 heterocycles. The topological polar surface area (TPSA) is 40.9 Å². The van der Waals surface area contributed by atoms with Crippen molar-refractivity contribution in [2.75, 3.05) is 36.0 Å². The third kappa shape index (κ3) is 3.29. The summed E-state index contributed by atoms with van der Waals surface area (Å²) in [7, 11) is 0. The van der Waals surface area contributed by atoms with Gasteiger partial charge in [0.25, 0.3) is 5.56 Å². The van der Waals surface area contributed by atoms with Crippen LogP contribution in [0.4, 0.5) is 20.2 Å². The molecule has 178 valence electrons. The number of rotatable bonds is 2. The van der Waals surface area contributed by atoms with Gasteiger partial charge in [-0.2, -0.15) is 0 Å². The lowest BCUT2D eigenvalue weighted by Crippen LogP contribution is -2.37. The summed E-state index contributed by atoms with van der Waals surface area (Å²) in [6, 6.07) is 7.37. The van der Waals surface area contributed by atoms with E-state index in [0.717, 1.165) is 37.0 Å². The Kier molecular flexibility index (Phi) is 5.24. The summed E-state index contributed by atoms with van der Waals surface area (Å²) in [6.07, 6.45) is 3.63. The SMILES string of the molecule is CC1CCN(c2c(F)c(N3CCC(C)CC3)c3c(=O)n4c(nc5ccccc54)sc3c2F)CC1. The highest BCUT2D eigenvalue weighted by molar-refractivity contribution is 7.23. The number of aromatic nitrogens is 2. The summed E-state index contributed by atoms with van der Waals surface area (Å²) in [5.74, 6) is -0.137. The fraction of sp³-hybridized carbons (Fsp3) is 0.462. The predicted molar refractivity (Wildman–Crippen MR) is 135 cm³/mol. The van der Waals surface area contributed by atoms with Crippen molar-refractivity contribution in [2.45, 2.75) is 39.5 Å². The normalized spacial score (nSPS) is 18.6. The fourth-order valence-corrected chi connectivity index (χ4v) is 6.52. The van der Waals surface area contributed by atoms with E-state index < -0.39 is 17.2 Å². The maximum atomic E-state index is 16.4. The quantitative estimate of drug-likeness (QED) is 0.361. The van der Waals surface area contributed by atoms with Crippen molar-refractivity contribution in [1.82, 2.24) is 9.38 Å². The molecule has 0 bridgehead atoms. The number of piperidine rings is 2. The predicted octanol–water partition coefficient (Wildman–Crippen LogP) is 5.81. The first-order valence-electron chi connectivity index (χ1n) is 12.2. The highest BCUT2D eigenvalue weighted by atomic mass is 32.1. The molecular weight excluding hydrogens is 454 g/mol. The average Bonchev–Trinajstić information content (AvgIpc) is 3.21. The van der Waals surface area contributed by atoms with Crippen molar-refractivity contribution in [1.29, 1.82) is 0 Å². The molecule has 5 nitrogen and oxygen atoms in total. The molecule has 6 rings (SSSR count). The second-order valence-electron chi connectivity index (χ2n) is 9.99. The zero-order valence-electron chi connectivity index (χ0n) is 19.5. The maximum Gasteiger partial charge on any atom is 0.268 e. The van der Waals surface area contributed by atoms with Crippen LogP contribution in [-0.2, 0) is 0 Å². The molecule has 0 N–H and O–H groups in total. The largest absolute Gasteiger partial charge is 0.368 e. The molecule has 0 aliphatic carbocycles. The number of imidazole rings is 1. The van der Waals surface area contributed by atoms with E-state index in [-0.39, 0.29) is 21.5 Å². The van der Waals surface area contributed by atoms with Crippen LogP contribution in [0.5, 0.6) is 0 Å². The van der Waals surface area contributed by atoms with Gasteiger partial charge in [-0.1, -0.05) is 37.3 Å². The first-order valence-corrected chi connectivity index (χ1v) is 13.0. The minimum atomic E-state index is -0.632. The number of anilines is 2. The van der Waals surface area contributed by atoms with Crippen molar-refractivity contribution in [2.24, 2.45) is 11.8 Å². The minimum Gasteiger partial charge on any atom is -0.368 e. The van der Waals surface area contributed by atoms with Crippen molar-refractivity contribution in [3.8, 4) is 0 Å². The average molecular weight is 483 g/mol. The van der Waals surface area contributed by atoms with Crippen molar-refractivity contribution >= 4 is 48.8 Å². The van der Waals surface area contributed by atoms with Gasteiger partial charge >= 0.3 is 0 Å².